The Bertz CT molecular complexity index is 804. The van der Waals surface area contributed by atoms with E-state index in [1.807, 2.05) is 35.1 Å². The maximum Gasteiger partial charge on any atom is 0.146 e. The second-order valence-electron chi connectivity index (χ2n) is 5.58. The van der Waals surface area contributed by atoms with Gasteiger partial charge < -0.3 is 4.57 Å². The van der Waals surface area contributed by atoms with Gasteiger partial charge in [0.1, 0.15) is 12.2 Å². The van der Waals surface area contributed by atoms with Crippen molar-refractivity contribution < 1.29 is 0 Å². The summed E-state index contributed by atoms with van der Waals surface area (Å²) >= 11 is 0. The number of nitrogens with zero attached hydrogens (tertiary/aromatic N) is 5. The van der Waals surface area contributed by atoms with E-state index in [1.165, 1.54) is 0 Å². The molecule has 5 nitrogen and oxygen atoms in total. The van der Waals surface area contributed by atoms with Crippen LogP contribution in [0.15, 0.2) is 36.8 Å². The Morgan fingerprint density at radius 3 is 2.90 bits per heavy atom. The number of rotatable bonds is 4. The first-order chi connectivity index (χ1) is 10.2. The van der Waals surface area contributed by atoms with E-state index in [1.54, 1.807) is 6.33 Å². The Morgan fingerprint density at radius 2 is 2.14 bits per heavy atom. The van der Waals surface area contributed by atoms with E-state index >= 15 is 0 Å². The number of hydrogen-bond donors (Lipinski definition) is 0. The lowest BCUT2D eigenvalue weighted by molar-refractivity contribution is 0.462. The summed E-state index contributed by atoms with van der Waals surface area (Å²) in [5, 5.41) is 14.3. The number of hydrogen-bond acceptors (Lipinski definition) is 3. The number of nitriles is 1. The molecular formula is C16H17N5. The first-order valence-electron chi connectivity index (χ1n) is 7.03. The van der Waals surface area contributed by atoms with Crippen molar-refractivity contribution in [2.45, 2.75) is 26.9 Å². The van der Waals surface area contributed by atoms with Crippen LogP contribution in [0.25, 0.3) is 10.9 Å². The molecule has 3 aromatic rings. The van der Waals surface area contributed by atoms with Crippen molar-refractivity contribution in [3.8, 4) is 6.07 Å². The smallest absolute Gasteiger partial charge is 0.146 e. The molecule has 0 amide bonds. The molecule has 0 aliphatic rings. The molecule has 1 aromatic carbocycles. The SMILES string of the molecule is CC(C)Cn1ncnc1Cn1ccc2cc(C#N)ccc21. The molecule has 0 atom stereocenters. The van der Waals surface area contributed by atoms with Gasteiger partial charge in [-0.25, -0.2) is 9.67 Å². The van der Waals surface area contributed by atoms with Gasteiger partial charge in [0.2, 0.25) is 0 Å². The maximum atomic E-state index is 8.95. The highest BCUT2D eigenvalue weighted by Gasteiger charge is 2.09. The van der Waals surface area contributed by atoms with Gasteiger partial charge in [0.15, 0.2) is 0 Å². The molecule has 0 bridgehead atoms. The van der Waals surface area contributed by atoms with Crippen LogP contribution in [-0.4, -0.2) is 19.3 Å². The largest absolute Gasteiger partial charge is 0.340 e. The molecule has 0 aliphatic carbocycles. The molecule has 106 valence electrons. The zero-order chi connectivity index (χ0) is 14.8. The summed E-state index contributed by atoms with van der Waals surface area (Å²) in [6, 6.07) is 9.93. The second-order valence-corrected chi connectivity index (χ2v) is 5.58. The van der Waals surface area contributed by atoms with E-state index in [0.29, 0.717) is 18.0 Å². The fourth-order valence-corrected chi connectivity index (χ4v) is 2.47. The third-order valence-electron chi connectivity index (χ3n) is 3.45. The molecule has 0 aliphatic heterocycles. The molecule has 0 spiro atoms. The van der Waals surface area contributed by atoms with Crippen LogP contribution in [0.3, 0.4) is 0 Å². The third kappa shape index (κ3) is 2.65. The van der Waals surface area contributed by atoms with E-state index in [0.717, 1.165) is 23.3 Å². The molecule has 2 heterocycles. The van der Waals surface area contributed by atoms with E-state index in [4.69, 9.17) is 5.26 Å². The topological polar surface area (TPSA) is 59.4 Å². The molecule has 3 rings (SSSR count). The Labute approximate surface area is 123 Å². The lowest BCUT2D eigenvalue weighted by Crippen LogP contribution is -2.12. The summed E-state index contributed by atoms with van der Waals surface area (Å²) in [5.41, 5.74) is 1.79. The van der Waals surface area contributed by atoms with E-state index in [-0.39, 0.29) is 0 Å². The molecule has 2 aromatic heterocycles. The van der Waals surface area contributed by atoms with E-state index < -0.39 is 0 Å². The summed E-state index contributed by atoms with van der Waals surface area (Å²) < 4.78 is 4.09. The summed E-state index contributed by atoms with van der Waals surface area (Å²) in [5.74, 6) is 1.48. The number of benzene rings is 1. The van der Waals surface area contributed by atoms with Crippen LogP contribution < -0.4 is 0 Å². The van der Waals surface area contributed by atoms with Crippen LogP contribution >= 0.6 is 0 Å². The number of aromatic nitrogens is 4. The zero-order valence-electron chi connectivity index (χ0n) is 12.2. The molecular weight excluding hydrogens is 262 g/mol. The summed E-state index contributed by atoms with van der Waals surface area (Å²) in [4.78, 5) is 4.36. The Morgan fingerprint density at radius 1 is 1.29 bits per heavy atom. The Balaban J connectivity index is 1.92. The average molecular weight is 279 g/mol. The van der Waals surface area contributed by atoms with Gasteiger partial charge in [-0.15, -0.1) is 0 Å². The molecule has 0 fully saturated rings. The van der Waals surface area contributed by atoms with Gasteiger partial charge in [-0.1, -0.05) is 13.8 Å². The molecule has 0 unspecified atom stereocenters. The summed E-state index contributed by atoms with van der Waals surface area (Å²) in [6.07, 6.45) is 3.64. The monoisotopic (exact) mass is 279 g/mol. The first-order valence-corrected chi connectivity index (χ1v) is 7.03. The lowest BCUT2D eigenvalue weighted by atomic mass is 10.2. The highest BCUT2D eigenvalue weighted by atomic mass is 15.3. The highest BCUT2D eigenvalue weighted by Crippen LogP contribution is 2.18. The normalized spacial score (nSPS) is 11.1. The van der Waals surface area contributed by atoms with Gasteiger partial charge in [0.25, 0.3) is 0 Å². The highest BCUT2D eigenvalue weighted by molar-refractivity contribution is 5.81. The van der Waals surface area contributed by atoms with Crippen LogP contribution in [0.2, 0.25) is 0 Å². The Hall–Kier alpha value is -2.61. The third-order valence-corrected chi connectivity index (χ3v) is 3.45. The van der Waals surface area contributed by atoms with Crippen molar-refractivity contribution in [1.29, 1.82) is 5.26 Å². The minimum atomic E-state index is 0.532. The Kier molecular flexibility index (Phi) is 3.44. The van der Waals surface area contributed by atoms with Crippen LogP contribution in [0.1, 0.15) is 25.2 Å². The maximum absolute atomic E-state index is 8.95. The van der Waals surface area contributed by atoms with Crippen LogP contribution in [0, 0.1) is 17.2 Å². The van der Waals surface area contributed by atoms with Gasteiger partial charge in [0, 0.05) is 23.6 Å². The summed E-state index contributed by atoms with van der Waals surface area (Å²) in [6.45, 7) is 5.88. The van der Waals surface area contributed by atoms with Gasteiger partial charge in [-0.3, -0.25) is 0 Å². The molecule has 5 heteroatoms. The van der Waals surface area contributed by atoms with Gasteiger partial charge in [-0.2, -0.15) is 10.4 Å². The first kappa shape index (κ1) is 13.4. The molecule has 0 saturated heterocycles. The van der Waals surface area contributed by atoms with Crippen molar-refractivity contribution in [2.24, 2.45) is 5.92 Å². The lowest BCUT2D eigenvalue weighted by Gasteiger charge is -2.10. The quantitative estimate of drug-likeness (QED) is 0.738. The van der Waals surface area contributed by atoms with Crippen molar-refractivity contribution in [1.82, 2.24) is 19.3 Å². The van der Waals surface area contributed by atoms with Gasteiger partial charge >= 0.3 is 0 Å². The second kappa shape index (κ2) is 5.41. The minimum Gasteiger partial charge on any atom is -0.340 e. The predicted molar refractivity (Wildman–Crippen MR) is 80.6 cm³/mol. The van der Waals surface area contributed by atoms with Gasteiger partial charge in [0.05, 0.1) is 18.2 Å². The standard InChI is InChI=1S/C16H17N5/c1-12(2)9-21-16(18-11-19-21)10-20-6-5-14-7-13(8-17)3-4-15(14)20/h3-7,11-12H,9-10H2,1-2H3. The average Bonchev–Trinajstić information content (AvgIpc) is 3.06. The molecule has 0 radical (unpaired) electrons. The fourth-order valence-electron chi connectivity index (χ4n) is 2.47. The van der Waals surface area contributed by atoms with Crippen LogP contribution in [0.5, 0.6) is 0 Å². The fraction of sp³-hybridized carbons (Fsp3) is 0.312. The van der Waals surface area contributed by atoms with E-state index in [9.17, 15) is 0 Å². The molecule has 21 heavy (non-hydrogen) atoms. The van der Waals surface area contributed by atoms with Gasteiger partial charge in [-0.05, 0) is 30.2 Å². The van der Waals surface area contributed by atoms with Crippen LogP contribution in [0.4, 0.5) is 0 Å². The van der Waals surface area contributed by atoms with Crippen molar-refractivity contribution in [3.05, 3.63) is 48.2 Å². The van der Waals surface area contributed by atoms with Crippen molar-refractivity contribution in [2.75, 3.05) is 0 Å². The van der Waals surface area contributed by atoms with Crippen molar-refractivity contribution >= 4 is 10.9 Å². The van der Waals surface area contributed by atoms with Crippen LogP contribution in [-0.2, 0) is 13.1 Å². The summed E-state index contributed by atoms with van der Waals surface area (Å²) in [7, 11) is 0. The minimum absolute atomic E-state index is 0.532. The number of fused-ring (bicyclic) bond motifs is 1. The molecule has 0 N–H and O–H groups in total. The predicted octanol–water partition coefficient (Wildman–Crippen LogP) is 2.81. The van der Waals surface area contributed by atoms with Crippen molar-refractivity contribution in [3.63, 3.8) is 0 Å². The molecule has 0 saturated carbocycles. The van der Waals surface area contributed by atoms with E-state index in [2.05, 4.69) is 34.6 Å². The zero-order valence-corrected chi connectivity index (χ0v) is 12.2.